The molecule has 134 valence electrons. The molecule has 0 radical (unpaired) electrons. The minimum Gasteiger partial charge on any atom is -0.493 e. The third-order valence-electron chi connectivity index (χ3n) is 3.26. The maximum absolute atomic E-state index is 12.2. The maximum Gasteiger partial charge on any atom is 0.269 e. The Labute approximate surface area is 141 Å². The Balaban J connectivity index is 2.86. The molecule has 8 nitrogen and oxygen atoms in total. The molecule has 0 aliphatic heterocycles. The normalized spacial score (nSPS) is 11.4. The molecule has 0 aromatic heterocycles. The second kappa shape index (κ2) is 9.61. The van der Waals surface area contributed by atoms with Crippen molar-refractivity contribution in [2.75, 3.05) is 27.9 Å². The zero-order chi connectivity index (χ0) is 18.1. The third kappa shape index (κ3) is 4.76. The number of rotatable bonds is 8. The molecule has 2 N–H and O–H groups in total. The van der Waals surface area contributed by atoms with Crippen molar-refractivity contribution in [2.45, 2.75) is 26.4 Å². The first kappa shape index (κ1) is 19.6. The van der Waals surface area contributed by atoms with E-state index in [4.69, 9.17) is 18.9 Å². The molecule has 0 heterocycles. The number of carbonyl (C=O) groups is 2. The minimum absolute atomic E-state index is 0.245. The average molecular weight is 340 g/mol. The molecule has 1 rings (SSSR count). The second-order valence-electron chi connectivity index (χ2n) is 4.71. The van der Waals surface area contributed by atoms with E-state index in [-0.39, 0.29) is 5.56 Å². The molecule has 1 atom stereocenters. The highest BCUT2D eigenvalue weighted by Gasteiger charge is 2.19. The fraction of sp³-hybridized carbons (Fsp3) is 0.500. The topological polar surface area (TPSA) is 95.1 Å². The highest BCUT2D eigenvalue weighted by Crippen LogP contribution is 2.38. The zero-order valence-corrected chi connectivity index (χ0v) is 14.6. The average Bonchev–Trinajstić information content (AvgIpc) is 2.62. The number of carbonyl (C=O) groups excluding carboxylic acids is 2. The van der Waals surface area contributed by atoms with Crippen molar-refractivity contribution in [1.29, 1.82) is 0 Å². The van der Waals surface area contributed by atoms with Crippen molar-refractivity contribution in [3.8, 4) is 17.2 Å². The van der Waals surface area contributed by atoms with Gasteiger partial charge in [-0.2, -0.15) is 0 Å². The quantitative estimate of drug-likeness (QED) is 0.693. The smallest absolute Gasteiger partial charge is 0.269 e. The molecule has 0 saturated carbocycles. The number of methoxy groups -OCH3 is 3. The predicted octanol–water partition coefficient (Wildman–Crippen LogP) is 1.29. The number of ether oxygens (including phenoxy) is 4. The van der Waals surface area contributed by atoms with E-state index in [0.29, 0.717) is 30.3 Å². The lowest BCUT2D eigenvalue weighted by atomic mass is 10.1. The Bertz CT molecular complexity index is 551. The van der Waals surface area contributed by atoms with Crippen LogP contribution in [0.4, 0.5) is 0 Å². The van der Waals surface area contributed by atoms with E-state index in [1.807, 2.05) is 6.92 Å². The fourth-order valence-corrected chi connectivity index (χ4v) is 2.06. The highest BCUT2D eigenvalue weighted by molar-refractivity contribution is 5.97. The van der Waals surface area contributed by atoms with E-state index in [1.54, 1.807) is 6.92 Å². The molecule has 0 aliphatic rings. The van der Waals surface area contributed by atoms with Crippen LogP contribution < -0.4 is 25.1 Å². The van der Waals surface area contributed by atoms with Gasteiger partial charge < -0.3 is 18.9 Å². The van der Waals surface area contributed by atoms with Crippen molar-refractivity contribution in [2.24, 2.45) is 0 Å². The molecule has 0 spiro atoms. The number of hydrogen-bond donors (Lipinski definition) is 2. The van der Waals surface area contributed by atoms with Gasteiger partial charge in [0.25, 0.3) is 11.8 Å². The Kier molecular flexibility index (Phi) is 7.84. The molecule has 0 aliphatic carbocycles. The van der Waals surface area contributed by atoms with Gasteiger partial charge in [-0.15, -0.1) is 0 Å². The largest absolute Gasteiger partial charge is 0.493 e. The summed E-state index contributed by atoms with van der Waals surface area (Å²) in [6, 6.07) is 2.98. The summed E-state index contributed by atoms with van der Waals surface area (Å²) in [6.07, 6.45) is -0.116. The van der Waals surface area contributed by atoms with Crippen molar-refractivity contribution in [1.82, 2.24) is 10.9 Å². The van der Waals surface area contributed by atoms with Crippen molar-refractivity contribution in [3.63, 3.8) is 0 Å². The van der Waals surface area contributed by atoms with Gasteiger partial charge in [0.05, 0.1) is 21.3 Å². The molecule has 0 unspecified atom stereocenters. The van der Waals surface area contributed by atoms with Crippen LogP contribution in [0, 0.1) is 0 Å². The zero-order valence-electron chi connectivity index (χ0n) is 14.6. The summed E-state index contributed by atoms with van der Waals surface area (Å²) in [7, 11) is 4.38. The summed E-state index contributed by atoms with van der Waals surface area (Å²) >= 11 is 0. The van der Waals surface area contributed by atoms with E-state index in [9.17, 15) is 9.59 Å². The van der Waals surface area contributed by atoms with E-state index < -0.39 is 17.9 Å². The number of hydrazine groups is 1. The standard InChI is InChI=1S/C16H24N2O6/c1-6-11(24-7-2)16(20)18-17-15(19)10-8-12(21-3)14(23-5)13(9-10)22-4/h8-9,11H,6-7H2,1-5H3,(H,17,19)(H,18,20)/t11-/m1/s1. The van der Waals surface area contributed by atoms with Crippen LogP contribution in [0.15, 0.2) is 12.1 Å². The van der Waals surface area contributed by atoms with Crippen LogP contribution >= 0.6 is 0 Å². The Morgan fingerprint density at radius 1 is 1.00 bits per heavy atom. The van der Waals surface area contributed by atoms with Crippen molar-refractivity contribution >= 4 is 11.8 Å². The number of benzene rings is 1. The Morgan fingerprint density at radius 3 is 2.00 bits per heavy atom. The van der Waals surface area contributed by atoms with Crippen LogP contribution in [0.1, 0.15) is 30.6 Å². The van der Waals surface area contributed by atoms with Crippen LogP contribution in [-0.4, -0.2) is 45.9 Å². The fourth-order valence-electron chi connectivity index (χ4n) is 2.06. The summed E-state index contributed by atoms with van der Waals surface area (Å²) in [4.78, 5) is 24.2. The predicted molar refractivity (Wildman–Crippen MR) is 87.4 cm³/mol. The van der Waals surface area contributed by atoms with Gasteiger partial charge in [-0.1, -0.05) is 6.92 Å². The lowest BCUT2D eigenvalue weighted by Crippen LogP contribution is -2.47. The van der Waals surface area contributed by atoms with Gasteiger partial charge in [-0.3, -0.25) is 20.4 Å². The summed E-state index contributed by atoms with van der Waals surface area (Å²) in [5, 5.41) is 0. The maximum atomic E-state index is 12.2. The van der Waals surface area contributed by atoms with E-state index in [2.05, 4.69) is 10.9 Å². The monoisotopic (exact) mass is 340 g/mol. The molecule has 1 aromatic rings. The molecule has 24 heavy (non-hydrogen) atoms. The van der Waals surface area contributed by atoms with Gasteiger partial charge in [0.2, 0.25) is 5.75 Å². The summed E-state index contributed by atoms with van der Waals surface area (Å²) < 4.78 is 20.9. The van der Waals surface area contributed by atoms with Crippen LogP contribution in [0.25, 0.3) is 0 Å². The van der Waals surface area contributed by atoms with Crippen molar-refractivity contribution < 1.29 is 28.5 Å². The van der Waals surface area contributed by atoms with Gasteiger partial charge in [0.15, 0.2) is 11.5 Å². The van der Waals surface area contributed by atoms with E-state index in [1.165, 1.54) is 33.5 Å². The van der Waals surface area contributed by atoms with Crippen LogP contribution in [0.3, 0.4) is 0 Å². The molecule has 0 saturated heterocycles. The van der Waals surface area contributed by atoms with Gasteiger partial charge in [-0.25, -0.2) is 0 Å². The van der Waals surface area contributed by atoms with Crippen LogP contribution in [0.5, 0.6) is 17.2 Å². The SMILES string of the molecule is CCO[C@H](CC)C(=O)NNC(=O)c1cc(OC)c(OC)c(OC)c1. The van der Waals surface area contributed by atoms with Crippen molar-refractivity contribution in [3.05, 3.63) is 17.7 Å². The summed E-state index contributed by atoms with van der Waals surface area (Å²) in [5.74, 6) is 0.125. The molecular weight excluding hydrogens is 316 g/mol. The lowest BCUT2D eigenvalue weighted by Gasteiger charge is -2.16. The van der Waals surface area contributed by atoms with Gasteiger partial charge >= 0.3 is 0 Å². The van der Waals surface area contributed by atoms with Gasteiger partial charge in [0.1, 0.15) is 6.10 Å². The van der Waals surface area contributed by atoms with Crippen LogP contribution in [-0.2, 0) is 9.53 Å². The first-order chi connectivity index (χ1) is 11.5. The van der Waals surface area contributed by atoms with E-state index >= 15 is 0 Å². The number of hydrogen-bond acceptors (Lipinski definition) is 6. The minimum atomic E-state index is -0.616. The second-order valence-corrected chi connectivity index (χ2v) is 4.71. The molecule has 0 fully saturated rings. The molecule has 8 heteroatoms. The highest BCUT2D eigenvalue weighted by atomic mass is 16.5. The molecular formula is C16H24N2O6. The van der Waals surface area contributed by atoms with Gasteiger partial charge in [0, 0.05) is 12.2 Å². The Morgan fingerprint density at radius 2 is 1.58 bits per heavy atom. The van der Waals surface area contributed by atoms with Crippen LogP contribution in [0.2, 0.25) is 0 Å². The van der Waals surface area contributed by atoms with Gasteiger partial charge in [-0.05, 0) is 25.5 Å². The number of nitrogens with one attached hydrogen (secondary N) is 2. The lowest BCUT2D eigenvalue weighted by molar-refractivity contribution is -0.133. The third-order valence-corrected chi connectivity index (χ3v) is 3.26. The first-order valence-corrected chi connectivity index (χ1v) is 7.54. The molecule has 1 aromatic carbocycles. The Hall–Kier alpha value is -2.48. The molecule has 2 amide bonds. The molecule has 0 bridgehead atoms. The number of amides is 2. The van der Waals surface area contributed by atoms with E-state index in [0.717, 1.165) is 0 Å². The summed E-state index contributed by atoms with van der Waals surface area (Å²) in [5.41, 5.74) is 4.93. The first-order valence-electron chi connectivity index (χ1n) is 7.54. The summed E-state index contributed by atoms with van der Waals surface area (Å²) in [6.45, 7) is 4.03.